The van der Waals surface area contributed by atoms with Crippen molar-refractivity contribution in [1.29, 1.82) is 0 Å². The summed E-state index contributed by atoms with van der Waals surface area (Å²) in [5, 5.41) is 0. The Hall–Kier alpha value is -1.51. The van der Waals surface area contributed by atoms with E-state index in [1.54, 1.807) is 12.1 Å². The molecule has 0 atom stereocenters. The first kappa shape index (κ1) is 8.59. The number of hydrogen-bond donors (Lipinski definition) is 0. The normalized spacial score (nSPS) is 9.17. The summed E-state index contributed by atoms with van der Waals surface area (Å²) in [6.07, 6.45) is -0.134. The summed E-state index contributed by atoms with van der Waals surface area (Å²) >= 11 is 0. The van der Waals surface area contributed by atoms with E-state index in [0.717, 1.165) is 12.4 Å². The smallest absolute Gasteiger partial charge is 0.281 e. The van der Waals surface area contributed by atoms with Gasteiger partial charge in [-0.25, -0.2) is 0 Å². The molecule has 12 heavy (non-hydrogen) atoms. The number of halogens is 2. The summed E-state index contributed by atoms with van der Waals surface area (Å²) in [5.41, 5.74) is 0.878. The Morgan fingerprint density at radius 1 is 1.25 bits per heavy atom. The molecule has 3 heteroatoms. The lowest BCUT2D eigenvalue weighted by Gasteiger charge is -1.91. The predicted octanol–water partition coefficient (Wildman–Crippen LogP) is 2.45. The van der Waals surface area contributed by atoms with Crippen molar-refractivity contribution in [3.05, 3.63) is 41.5 Å². The fourth-order valence-corrected chi connectivity index (χ4v) is 0.855. The standard InChI is InChI=1S/C9H6F2O/c10-9(11)5-7-2-1-3-8(4-7)6-12/h1-6H/p+1. The molecular weight excluding hydrogens is 162 g/mol. The quantitative estimate of drug-likeness (QED) is 0.479. The van der Waals surface area contributed by atoms with Gasteiger partial charge in [-0.2, -0.15) is 8.78 Å². The highest BCUT2D eigenvalue weighted by Gasteiger charge is 1.96. The molecule has 1 aromatic carbocycles. The van der Waals surface area contributed by atoms with Gasteiger partial charge in [0.2, 0.25) is 0 Å². The number of benzene rings is 1. The van der Waals surface area contributed by atoms with E-state index >= 15 is 0 Å². The van der Waals surface area contributed by atoms with Gasteiger partial charge in [-0.15, -0.1) is 0 Å². The molecule has 0 aromatic heterocycles. The fourth-order valence-electron chi connectivity index (χ4n) is 0.855. The van der Waals surface area contributed by atoms with Crippen molar-refractivity contribution in [2.75, 3.05) is 0 Å². The van der Waals surface area contributed by atoms with Gasteiger partial charge in [0, 0.05) is 6.08 Å². The largest absolute Gasteiger partial charge is 0.312 e. The Bertz CT molecular complexity index is 314. The first-order valence-corrected chi connectivity index (χ1v) is 3.32. The number of carbonyl (C=O) groups excluding carboxylic acids is 1. The average Bonchev–Trinajstić information content (AvgIpc) is 2.03. The van der Waals surface area contributed by atoms with Crippen LogP contribution < -0.4 is 0 Å². The van der Waals surface area contributed by atoms with E-state index in [0.29, 0.717) is 11.1 Å². The maximum atomic E-state index is 11.7. The second kappa shape index (κ2) is 3.76. The van der Waals surface area contributed by atoms with Crippen LogP contribution in [0.1, 0.15) is 11.1 Å². The Labute approximate surface area is 68.3 Å². The molecule has 1 rings (SSSR count). The maximum Gasteiger partial charge on any atom is 0.312 e. The van der Waals surface area contributed by atoms with E-state index in [1.807, 2.05) is 0 Å². The Balaban J connectivity index is 3.02. The van der Waals surface area contributed by atoms with E-state index in [9.17, 15) is 8.78 Å². The monoisotopic (exact) mass is 169 g/mol. The molecule has 1 nitrogen and oxygen atoms in total. The van der Waals surface area contributed by atoms with Crippen LogP contribution in [0.25, 0.3) is 6.08 Å². The molecule has 0 unspecified atom stereocenters. The first-order valence-electron chi connectivity index (χ1n) is 3.32. The highest BCUT2D eigenvalue weighted by atomic mass is 19.3. The van der Waals surface area contributed by atoms with Gasteiger partial charge in [0.05, 0.1) is 5.56 Å². The molecule has 0 fully saturated rings. The van der Waals surface area contributed by atoms with Gasteiger partial charge < -0.3 is 0 Å². The second-order valence-electron chi connectivity index (χ2n) is 2.23. The lowest BCUT2D eigenvalue weighted by molar-refractivity contribution is 0.429. The molecule has 0 aliphatic rings. The minimum atomic E-state index is -1.75. The van der Waals surface area contributed by atoms with E-state index < -0.39 is 6.08 Å². The molecular formula is C9H7F2O+. The third-order valence-electron chi connectivity index (χ3n) is 1.34. The molecule has 0 aliphatic carbocycles. The van der Waals surface area contributed by atoms with Crippen LogP contribution in [0.2, 0.25) is 0 Å². The van der Waals surface area contributed by atoms with E-state index in [-0.39, 0.29) is 0 Å². The van der Waals surface area contributed by atoms with Crippen LogP contribution in [0, 0.1) is 0 Å². The van der Waals surface area contributed by atoms with Gasteiger partial charge in [0.25, 0.3) is 6.08 Å². The van der Waals surface area contributed by atoms with Crippen LogP contribution >= 0.6 is 0 Å². The van der Waals surface area contributed by atoms with Gasteiger partial charge in [0.1, 0.15) is 0 Å². The number of aldehydes is 1. The van der Waals surface area contributed by atoms with Crippen LogP contribution in [0.15, 0.2) is 30.3 Å². The summed E-state index contributed by atoms with van der Waals surface area (Å²) in [6.45, 7) is 0. The van der Waals surface area contributed by atoms with Gasteiger partial charge >= 0.3 is 6.29 Å². The molecule has 0 heterocycles. The third-order valence-corrected chi connectivity index (χ3v) is 1.34. The lowest BCUT2D eigenvalue weighted by atomic mass is 10.1. The van der Waals surface area contributed by atoms with E-state index in [1.165, 1.54) is 12.1 Å². The molecule has 0 spiro atoms. The molecule has 0 saturated heterocycles. The number of rotatable bonds is 2. The Kier molecular flexibility index (Phi) is 2.69. The molecule has 1 aromatic rings. The lowest BCUT2D eigenvalue weighted by Crippen LogP contribution is -1.80. The third kappa shape index (κ3) is 2.27. The zero-order chi connectivity index (χ0) is 8.97. The number of hydrogen-bond acceptors (Lipinski definition) is 0. The molecule has 0 aliphatic heterocycles. The molecule has 0 radical (unpaired) electrons. The first-order chi connectivity index (χ1) is 5.72. The van der Waals surface area contributed by atoms with Crippen molar-refractivity contribution < 1.29 is 13.6 Å². The summed E-state index contributed by atoms with van der Waals surface area (Å²) in [4.78, 5) is 8.56. The summed E-state index contributed by atoms with van der Waals surface area (Å²) in [7, 11) is 0. The van der Waals surface area contributed by atoms with Crippen molar-refractivity contribution in [3.8, 4) is 0 Å². The molecule has 0 bridgehead atoms. The summed E-state index contributed by atoms with van der Waals surface area (Å²) in [6, 6.07) is 6.20. The van der Waals surface area contributed by atoms with Crippen molar-refractivity contribution in [3.63, 3.8) is 0 Å². The van der Waals surface area contributed by atoms with Crippen LogP contribution in [0.3, 0.4) is 0 Å². The van der Waals surface area contributed by atoms with Crippen molar-refractivity contribution in [2.24, 2.45) is 0 Å². The average molecular weight is 169 g/mol. The van der Waals surface area contributed by atoms with Gasteiger partial charge in [-0.3, -0.25) is 4.79 Å². The highest BCUT2D eigenvalue weighted by molar-refractivity contribution is 5.76. The summed E-state index contributed by atoms with van der Waals surface area (Å²) < 4.78 is 23.5. The highest BCUT2D eigenvalue weighted by Crippen LogP contribution is 2.09. The second-order valence-corrected chi connectivity index (χ2v) is 2.23. The zero-order valence-corrected chi connectivity index (χ0v) is 6.17. The minimum Gasteiger partial charge on any atom is -0.281 e. The minimum absolute atomic E-state index is 0.373. The van der Waals surface area contributed by atoms with Crippen molar-refractivity contribution in [1.82, 2.24) is 0 Å². The van der Waals surface area contributed by atoms with Crippen LogP contribution in [0.4, 0.5) is 8.78 Å². The van der Waals surface area contributed by atoms with Gasteiger partial charge in [0.15, 0.2) is 0 Å². The Morgan fingerprint density at radius 3 is 2.50 bits per heavy atom. The predicted molar refractivity (Wildman–Crippen MR) is 43.7 cm³/mol. The SMILES string of the molecule is [OH+]=Cc1cccc(C=C(F)F)c1. The molecule has 0 amide bonds. The fraction of sp³-hybridized carbons (Fsp3) is 0. The van der Waals surface area contributed by atoms with Crippen molar-refractivity contribution >= 4 is 12.4 Å². The maximum absolute atomic E-state index is 11.7. The van der Waals surface area contributed by atoms with Crippen LogP contribution in [-0.4, -0.2) is 11.1 Å². The van der Waals surface area contributed by atoms with Gasteiger partial charge in [-0.05, 0) is 17.7 Å². The van der Waals surface area contributed by atoms with Crippen molar-refractivity contribution in [2.45, 2.75) is 0 Å². The van der Waals surface area contributed by atoms with E-state index in [4.69, 9.17) is 4.79 Å². The molecule has 62 valence electrons. The van der Waals surface area contributed by atoms with Crippen LogP contribution in [0.5, 0.6) is 0 Å². The van der Waals surface area contributed by atoms with Gasteiger partial charge in [-0.1, -0.05) is 12.1 Å². The topological polar surface area (TPSA) is 21.4 Å². The molecule has 1 N–H and O–H groups in total. The van der Waals surface area contributed by atoms with Crippen LogP contribution in [-0.2, 0) is 0 Å². The Morgan fingerprint density at radius 2 is 1.92 bits per heavy atom. The molecule has 0 saturated carbocycles. The zero-order valence-electron chi connectivity index (χ0n) is 6.17. The van der Waals surface area contributed by atoms with E-state index in [2.05, 4.69) is 0 Å². The summed E-state index contributed by atoms with van der Waals surface area (Å²) in [5.74, 6) is 0.